The minimum atomic E-state index is -0.205. The van der Waals surface area contributed by atoms with E-state index in [1.807, 2.05) is 6.07 Å². The Kier molecular flexibility index (Phi) is 3.62. The molecule has 1 aromatic heterocycles. The van der Waals surface area contributed by atoms with Crippen LogP contribution in [0.4, 0.5) is 5.82 Å². The quantitative estimate of drug-likeness (QED) is 0.881. The molecule has 0 radical (unpaired) electrons. The van der Waals surface area contributed by atoms with Gasteiger partial charge in [0.05, 0.1) is 0 Å². The first-order chi connectivity index (χ1) is 8.86. The van der Waals surface area contributed by atoms with Crippen molar-refractivity contribution >= 4 is 23.3 Å². The zero-order chi connectivity index (χ0) is 14.0. The minimum absolute atomic E-state index is 0.0315. The molecule has 0 saturated heterocycles. The normalized spacial score (nSPS) is 11.4. The van der Waals surface area contributed by atoms with Crippen LogP contribution in [0.3, 0.4) is 0 Å². The van der Waals surface area contributed by atoms with E-state index in [1.54, 1.807) is 24.3 Å². The summed E-state index contributed by atoms with van der Waals surface area (Å²) in [5.41, 5.74) is 1.49. The number of aromatic amines is 1. The number of carbonyl (C=O) groups is 1. The van der Waals surface area contributed by atoms with Crippen molar-refractivity contribution < 1.29 is 4.79 Å². The number of aromatic nitrogens is 2. The van der Waals surface area contributed by atoms with Crippen molar-refractivity contribution in [3.8, 4) is 0 Å². The van der Waals surface area contributed by atoms with Crippen molar-refractivity contribution in [3.63, 3.8) is 0 Å². The lowest BCUT2D eigenvalue weighted by Crippen LogP contribution is -2.12. The van der Waals surface area contributed by atoms with E-state index < -0.39 is 0 Å². The van der Waals surface area contributed by atoms with Crippen molar-refractivity contribution in [2.45, 2.75) is 26.2 Å². The summed E-state index contributed by atoms with van der Waals surface area (Å²) in [5.74, 6) is 0.313. The summed E-state index contributed by atoms with van der Waals surface area (Å²) in [4.78, 5) is 12.0. The number of halogens is 1. The van der Waals surface area contributed by atoms with E-state index >= 15 is 0 Å². The highest BCUT2D eigenvalue weighted by Crippen LogP contribution is 2.22. The van der Waals surface area contributed by atoms with Gasteiger partial charge in [0.1, 0.15) is 0 Å². The average Bonchev–Trinajstić information content (AvgIpc) is 2.78. The van der Waals surface area contributed by atoms with Gasteiger partial charge in [-0.25, -0.2) is 0 Å². The molecule has 1 amide bonds. The van der Waals surface area contributed by atoms with Gasteiger partial charge in [-0.3, -0.25) is 9.89 Å². The van der Waals surface area contributed by atoms with E-state index in [0.717, 1.165) is 5.69 Å². The fourth-order valence-corrected chi connectivity index (χ4v) is 1.69. The number of carbonyl (C=O) groups excluding carboxylic acids is 1. The van der Waals surface area contributed by atoms with E-state index in [4.69, 9.17) is 11.6 Å². The molecule has 100 valence electrons. The van der Waals surface area contributed by atoms with Crippen molar-refractivity contribution in [1.82, 2.24) is 10.2 Å². The highest BCUT2D eigenvalue weighted by molar-refractivity contribution is 6.30. The second kappa shape index (κ2) is 5.05. The Balaban J connectivity index is 2.11. The summed E-state index contributed by atoms with van der Waals surface area (Å²) >= 11 is 5.78. The molecular formula is C14H16ClN3O. The molecule has 0 bridgehead atoms. The predicted molar refractivity (Wildman–Crippen MR) is 76.7 cm³/mol. The van der Waals surface area contributed by atoms with Gasteiger partial charge < -0.3 is 5.32 Å². The number of nitrogens with zero attached hydrogens (tertiary/aromatic N) is 1. The second-order valence-corrected chi connectivity index (χ2v) is 5.81. The van der Waals surface area contributed by atoms with Gasteiger partial charge in [0, 0.05) is 27.8 Å². The molecule has 2 aromatic rings. The maximum atomic E-state index is 12.0. The summed E-state index contributed by atoms with van der Waals surface area (Å²) in [6.45, 7) is 6.22. The lowest BCUT2D eigenvalue weighted by molar-refractivity contribution is 0.102. The summed E-state index contributed by atoms with van der Waals surface area (Å²) < 4.78 is 0. The van der Waals surface area contributed by atoms with Crippen LogP contribution in [0.15, 0.2) is 30.3 Å². The first kappa shape index (κ1) is 13.6. The zero-order valence-electron chi connectivity index (χ0n) is 11.1. The molecule has 2 rings (SSSR count). The summed E-state index contributed by atoms with van der Waals surface area (Å²) in [5, 5.41) is 10.4. The Bertz CT molecular complexity index is 581. The van der Waals surface area contributed by atoms with Crippen molar-refractivity contribution in [2.24, 2.45) is 0 Å². The van der Waals surface area contributed by atoms with E-state index in [1.165, 1.54) is 0 Å². The SMILES string of the molecule is CC(C)(C)c1cc(NC(=O)c2ccc(Cl)cc2)n[nH]1. The van der Waals surface area contributed by atoms with Crippen LogP contribution in [-0.2, 0) is 5.41 Å². The summed E-state index contributed by atoms with van der Waals surface area (Å²) in [7, 11) is 0. The van der Waals surface area contributed by atoms with E-state index in [9.17, 15) is 4.79 Å². The van der Waals surface area contributed by atoms with Gasteiger partial charge in [-0.05, 0) is 24.3 Å². The number of nitrogens with one attached hydrogen (secondary N) is 2. The first-order valence-electron chi connectivity index (χ1n) is 5.99. The Morgan fingerprint density at radius 1 is 1.26 bits per heavy atom. The number of anilines is 1. The molecule has 0 aliphatic heterocycles. The van der Waals surface area contributed by atoms with Crippen LogP contribution in [-0.4, -0.2) is 16.1 Å². The Hall–Kier alpha value is -1.81. The highest BCUT2D eigenvalue weighted by atomic mass is 35.5. The smallest absolute Gasteiger partial charge is 0.256 e. The number of H-pyrrole nitrogens is 1. The van der Waals surface area contributed by atoms with Gasteiger partial charge >= 0.3 is 0 Å². The third-order valence-corrected chi connectivity index (χ3v) is 2.99. The Labute approximate surface area is 117 Å². The largest absolute Gasteiger partial charge is 0.305 e. The van der Waals surface area contributed by atoms with Crippen molar-refractivity contribution in [2.75, 3.05) is 5.32 Å². The molecule has 0 spiro atoms. The molecule has 4 nitrogen and oxygen atoms in total. The van der Waals surface area contributed by atoms with Crippen molar-refractivity contribution in [1.29, 1.82) is 0 Å². The van der Waals surface area contributed by atoms with Gasteiger partial charge in [-0.2, -0.15) is 5.10 Å². The van der Waals surface area contributed by atoms with Crippen LogP contribution < -0.4 is 5.32 Å². The molecule has 1 aromatic carbocycles. The van der Waals surface area contributed by atoms with Crippen LogP contribution >= 0.6 is 11.6 Å². The van der Waals surface area contributed by atoms with Crippen LogP contribution in [0.5, 0.6) is 0 Å². The lowest BCUT2D eigenvalue weighted by atomic mass is 9.92. The van der Waals surface area contributed by atoms with Gasteiger partial charge in [0.2, 0.25) is 0 Å². The zero-order valence-corrected chi connectivity index (χ0v) is 11.9. The fourth-order valence-electron chi connectivity index (χ4n) is 1.56. The second-order valence-electron chi connectivity index (χ2n) is 5.38. The number of rotatable bonds is 2. The molecular weight excluding hydrogens is 262 g/mol. The van der Waals surface area contributed by atoms with Crippen LogP contribution in [0.2, 0.25) is 5.02 Å². The Morgan fingerprint density at radius 2 is 1.89 bits per heavy atom. The third kappa shape index (κ3) is 3.35. The number of benzene rings is 1. The lowest BCUT2D eigenvalue weighted by Gasteiger charge is -2.14. The molecule has 0 unspecified atom stereocenters. The molecule has 0 saturated carbocycles. The first-order valence-corrected chi connectivity index (χ1v) is 6.37. The van der Waals surface area contributed by atoms with Gasteiger partial charge in [0.15, 0.2) is 5.82 Å². The fraction of sp³-hybridized carbons (Fsp3) is 0.286. The maximum absolute atomic E-state index is 12.0. The third-order valence-electron chi connectivity index (χ3n) is 2.73. The molecule has 19 heavy (non-hydrogen) atoms. The number of hydrogen-bond acceptors (Lipinski definition) is 2. The molecule has 0 atom stereocenters. The maximum Gasteiger partial charge on any atom is 0.256 e. The summed E-state index contributed by atoms with van der Waals surface area (Å²) in [6.07, 6.45) is 0. The monoisotopic (exact) mass is 277 g/mol. The molecule has 2 N–H and O–H groups in total. The van der Waals surface area contributed by atoms with Gasteiger partial charge in [-0.15, -0.1) is 0 Å². The van der Waals surface area contributed by atoms with Crippen molar-refractivity contribution in [3.05, 3.63) is 46.6 Å². The molecule has 1 heterocycles. The van der Waals surface area contributed by atoms with Crippen LogP contribution in [0, 0.1) is 0 Å². The minimum Gasteiger partial charge on any atom is -0.305 e. The summed E-state index contributed by atoms with van der Waals surface area (Å²) in [6, 6.07) is 8.56. The molecule has 0 aliphatic carbocycles. The van der Waals surface area contributed by atoms with Gasteiger partial charge in [0.25, 0.3) is 5.91 Å². The predicted octanol–water partition coefficient (Wildman–Crippen LogP) is 3.61. The standard InChI is InChI=1S/C14H16ClN3O/c1-14(2,3)11-8-12(18-17-11)16-13(19)9-4-6-10(15)7-5-9/h4-8H,1-3H3,(H2,16,17,18,19). The van der Waals surface area contributed by atoms with E-state index in [2.05, 4.69) is 36.3 Å². The van der Waals surface area contributed by atoms with Crippen LogP contribution in [0.1, 0.15) is 36.8 Å². The number of amides is 1. The van der Waals surface area contributed by atoms with Gasteiger partial charge in [-0.1, -0.05) is 32.4 Å². The number of hydrogen-bond donors (Lipinski definition) is 2. The Morgan fingerprint density at radius 3 is 2.42 bits per heavy atom. The van der Waals surface area contributed by atoms with Crippen LogP contribution in [0.25, 0.3) is 0 Å². The van der Waals surface area contributed by atoms with E-state index in [-0.39, 0.29) is 11.3 Å². The van der Waals surface area contributed by atoms with E-state index in [0.29, 0.717) is 16.4 Å². The molecule has 5 heteroatoms. The topological polar surface area (TPSA) is 57.8 Å². The average molecular weight is 278 g/mol. The molecule has 0 fully saturated rings. The highest BCUT2D eigenvalue weighted by Gasteiger charge is 2.17. The molecule has 0 aliphatic rings.